The second-order valence-electron chi connectivity index (χ2n) is 5.59. The molecule has 0 aromatic heterocycles. The number of nitrogens with one attached hydrogen (secondary N) is 2. The van der Waals surface area contributed by atoms with Crippen LogP contribution in [0.3, 0.4) is 0 Å². The van der Waals surface area contributed by atoms with Gasteiger partial charge in [0.25, 0.3) is 0 Å². The molecule has 2 saturated carbocycles. The Morgan fingerprint density at radius 2 is 1.74 bits per heavy atom. The number of amides is 2. The Balaban J connectivity index is 1.76. The topological polar surface area (TPSA) is 95.5 Å². The summed E-state index contributed by atoms with van der Waals surface area (Å²) in [5, 5.41) is 14.5. The van der Waals surface area contributed by atoms with Crippen LogP contribution in [0, 0.1) is 5.41 Å². The molecular weight excluding hydrogens is 248 g/mol. The lowest BCUT2D eigenvalue weighted by Crippen LogP contribution is -2.41. The van der Waals surface area contributed by atoms with Gasteiger partial charge in [-0.05, 0) is 25.7 Å². The van der Waals surface area contributed by atoms with Gasteiger partial charge in [0.05, 0.1) is 12.0 Å². The molecule has 0 aliphatic heterocycles. The monoisotopic (exact) mass is 268 g/mol. The van der Waals surface area contributed by atoms with Crippen molar-refractivity contribution in [1.82, 2.24) is 10.6 Å². The van der Waals surface area contributed by atoms with Crippen LogP contribution in [0.25, 0.3) is 0 Å². The van der Waals surface area contributed by atoms with Crippen molar-refractivity contribution in [2.24, 2.45) is 5.41 Å². The average Bonchev–Trinajstić information content (AvgIpc) is 3.02. The van der Waals surface area contributed by atoms with Crippen LogP contribution >= 0.6 is 0 Å². The third-order valence-electron chi connectivity index (χ3n) is 3.90. The summed E-state index contributed by atoms with van der Waals surface area (Å²) in [6.45, 7) is -0.0645. The molecule has 0 heterocycles. The normalized spacial score (nSPS) is 20.8. The van der Waals surface area contributed by atoms with Crippen LogP contribution in [0.5, 0.6) is 0 Å². The maximum absolute atomic E-state index is 11.8. The van der Waals surface area contributed by atoms with Crippen LogP contribution < -0.4 is 10.6 Å². The second kappa shape index (κ2) is 5.59. The highest BCUT2D eigenvalue weighted by Crippen LogP contribution is 2.41. The van der Waals surface area contributed by atoms with Gasteiger partial charge in [0.15, 0.2) is 0 Å². The fourth-order valence-corrected chi connectivity index (χ4v) is 2.57. The molecule has 6 heteroatoms. The molecule has 0 aromatic carbocycles. The Labute approximate surface area is 111 Å². The van der Waals surface area contributed by atoms with E-state index in [1.165, 1.54) is 0 Å². The number of carboxylic acid groups (broad SMARTS) is 1. The number of carboxylic acids is 1. The molecular formula is C13H20N2O4. The lowest BCUT2D eigenvalue weighted by molar-refractivity contribution is -0.151. The summed E-state index contributed by atoms with van der Waals surface area (Å²) in [6.07, 6.45) is 4.76. The Morgan fingerprint density at radius 1 is 1.11 bits per heavy atom. The molecule has 0 unspecified atom stereocenters. The van der Waals surface area contributed by atoms with Gasteiger partial charge < -0.3 is 15.7 Å². The second-order valence-corrected chi connectivity index (χ2v) is 5.59. The zero-order valence-electron chi connectivity index (χ0n) is 10.9. The molecule has 0 radical (unpaired) electrons. The summed E-state index contributed by atoms with van der Waals surface area (Å²) in [7, 11) is 0. The van der Waals surface area contributed by atoms with E-state index in [9.17, 15) is 19.5 Å². The van der Waals surface area contributed by atoms with E-state index in [0.717, 1.165) is 25.7 Å². The number of hydrogen-bond acceptors (Lipinski definition) is 3. The SMILES string of the molecule is O=C(CC1(C(=O)O)CCCC1)NCC(=O)NC1CC1. The summed E-state index contributed by atoms with van der Waals surface area (Å²) in [4.78, 5) is 34.5. The molecule has 3 N–H and O–H groups in total. The van der Waals surface area contributed by atoms with Crippen LogP contribution in [0.2, 0.25) is 0 Å². The van der Waals surface area contributed by atoms with Crippen molar-refractivity contribution in [2.45, 2.75) is 51.0 Å². The Bertz CT molecular complexity index is 384. The number of aliphatic carboxylic acids is 1. The summed E-state index contributed by atoms with van der Waals surface area (Å²) in [5.41, 5.74) is -0.920. The molecule has 2 aliphatic carbocycles. The Morgan fingerprint density at radius 3 is 2.26 bits per heavy atom. The standard InChI is InChI=1S/C13H20N2O4/c16-10(14-8-11(17)15-9-3-4-9)7-13(12(18)19)5-1-2-6-13/h9H,1-8H2,(H,14,16)(H,15,17)(H,18,19). The van der Waals surface area contributed by atoms with Crippen molar-refractivity contribution in [3.8, 4) is 0 Å². The highest BCUT2D eigenvalue weighted by atomic mass is 16.4. The number of carbonyl (C=O) groups excluding carboxylic acids is 2. The molecule has 6 nitrogen and oxygen atoms in total. The number of hydrogen-bond donors (Lipinski definition) is 3. The Kier molecular flexibility index (Phi) is 4.07. The van der Waals surface area contributed by atoms with Crippen molar-refractivity contribution in [3.63, 3.8) is 0 Å². The average molecular weight is 268 g/mol. The summed E-state index contributed by atoms with van der Waals surface area (Å²) in [5.74, 6) is -1.45. The number of carbonyl (C=O) groups is 3. The van der Waals surface area contributed by atoms with E-state index in [2.05, 4.69) is 10.6 Å². The minimum atomic E-state index is -0.920. The van der Waals surface area contributed by atoms with E-state index < -0.39 is 11.4 Å². The molecule has 0 atom stereocenters. The first-order valence-corrected chi connectivity index (χ1v) is 6.81. The van der Waals surface area contributed by atoms with Crippen molar-refractivity contribution >= 4 is 17.8 Å². The van der Waals surface area contributed by atoms with Gasteiger partial charge in [-0.3, -0.25) is 14.4 Å². The van der Waals surface area contributed by atoms with E-state index in [4.69, 9.17) is 0 Å². The van der Waals surface area contributed by atoms with E-state index in [0.29, 0.717) is 12.8 Å². The largest absolute Gasteiger partial charge is 0.481 e. The smallest absolute Gasteiger partial charge is 0.310 e. The number of rotatable bonds is 6. The first-order valence-electron chi connectivity index (χ1n) is 6.81. The van der Waals surface area contributed by atoms with Crippen molar-refractivity contribution in [2.75, 3.05) is 6.54 Å². The maximum atomic E-state index is 11.8. The molecule has 0 spiro atoms. The van der Waals surface area contributed by atoms with Crippen LogP contribution in [-0.4, -0.2) is 35.5 Å². The third kappa shape index (κ3) is 3.68. The molecule has 0 bridgehead atoms. The molecule has 106 valence electrons. The zero-order valence-corrected chi connectivity index (χ0v) is 10.9. The first kappa shape index (κ1) is 13.8. The fraction of sp³-hybridized carbons (Fsp3) is 0.769. The van der Waals surface area contributed by atoms with Gasteiger partial charge in [-0.1, -0.05) is 12.8 Å². The predicted molar refractivity (Wildman–Crippen MR) is 67.3 cm³/mol. The maximum Gasteiger partial charge on any atom is 0.310 e. The highest BCUT2D eigenvalue weighted by Gasteiger charge is 2.42. The molecule has 0 saturated heterocycles. The predicted octanol–water partition coefficient (Wildman–Crippen LogP) is 0.416. The van der Waals surface area contributed by atoms with Gasteiger partial charge in [-0.15, -0.1) is 0 Å². The molecule has 2 fully saturated rings. The quantitative estimate of drug-likeness (QED) is 0.650. The van der Waals surface area contributed by atoms with E-state index in [1.807, 2.05) is 0 Å². The van der Waals surface area contributed by atoms with Crippen LogP contribution in [0.1, 0.15) is 44.9 Å². The molecule has 2 rings (SSSR count). The first-order chi connectivity index (χ1) is 9.02. The van der Waals surface area contributed by atoms with E-state index in [1.54, 1.807) is 0 Å². The minimum Gasteiger partial charge on any atom is -0.481 e. The third-order valence-corrected chi connectivity index (χ3v) is 3.90. The van der Waals surface area contributed by atoms with E-state index in [-0.39, 0.29) is 30.8 Å². The van der Waals surface area contributed by atoms with Crippen LogP contribution in [0.15, 0.2) is 0 Å². The van der Waals surface area contributed by atoms with E-state index >= 15 is 0 Å². The summed E-state index contributed by atoms with van der Waals surface area (Å²) >= 11 is 0. The van der Waals surface area contributed by atoms with Gasteiger partial charge in [-0.25, -0.2) is 0 Å². The van der Waals surface area contributed by atoms with Gasteiger partial charge in [0.1, 0.15) is 0 Å². The summed E-state index contributed by atoms with van der Waals surface area (Å²) < 4.78 is 0. The molecule has 0 aromatic rings. The van der Waals surface area contributed by atoms with Gasteiger partial charge in [0.2, 0.25) is 11.8 Å². The summed E-state index contributed by atoms with van der Waals surface area (Å²) in [6, 6.07) is 0.268. The minimum absolute atomic E-state index is 0.0287. The van der Waals surface area contributed by atoms with Crippen LogP contribution in [-0.2, 0) is 14.4 Å². The van der Waals surface area contributed by atoms with Gasteiger partial charge >= 0.3 is 5.97 Å². The Hall–Kier alpha value is -1.59. The van der Waals surface area contributed by atoms with Gasteiger partial charge in [-0.2, -0.15) is 0 Å². The van der Waals surface area contributed by atoms with Crippen molar-refractivity contribution in [1.29, 1.82) is 0 Å². The van der Waals surface area contributed by atoms with Gasteiger partial charge in [0, 0.05) is 12.5 Å². The fourth-order valence-electron chi connectivity index (χ4n) is 2.57. The highest BCUT2D eigenvalue weighted by molar-refractivity contribution is 5.88. The van der Waals surface area contributed by atoms with Crippen LogP contribution in [0.4, 0.5) is 0 Å². The lowest BCUT2D eigenvalue weighted by atomic mass is 9.82. The van der Waals surface area contributed by atoms with Crippen molar-refractivity contribution < 1.29 is 19.5 Å². The zero-order chi connectivity index (χ0) is 13.9. The lowest BCUT2D eigenvalue weighted by Gasteiger charge is -2.22. The molecule has 2 amide bonds. The van der Waals surface area contributed by atoms with Crippen molar-refractivity contribution in [3.05, 3.63) is 0 Å². The molecule has 2 aliphatic rings. The molecule has 19 heavy (non-hydrogen) atoms.